The molecule has 5 nitrogen and oxygen atoms in total. The summed E-state index contributed by atoms with van der Waals surface area (Å²) in [5.74, 6) is -0.195. The first-order valence-electron chi connectivity index (χ1n) is 9.89. The highest BCUT2D eigenvalue weighted by molar-refractivity contribution is 7.89. The second-order valence-electron chi connectivity index (χ2n) is 7.37. The minimum atomic E-state index is -3.67. The lowest BCUT2D eigenvalue weighted by Gasteiger charge is -2.34. The predicted molar refractivity (Wildman–Crippen MR) is 110 cm³/mol. The zero-order chi connectivity index (χ0) is 20.0. The average molecular weight is 401 g/mol. The molecule has 0 aromatic heterocycles. The third-order valence-corrected chi connectivity index (χ3v) is 7.13. The van der Waals surface area contributed by atoms with Crippen molar-refractivity contribution in [2.45, 2.75) is 56.0 Å². The van der Waals surface area contributed by atoms with Crippen molar-refractivity contribution in [1.82, 2.24) is 9.62 Å². The normalized spacial score (nSPS) is 19.1. The molecule has 0 aliphatic carbocycles. The van der Waals surface area contributed by atoms with Crippen molar-refractivity contribution in [1.29, 1.82) is 0 Å². The van der Waals surface area contributed by atoms with Crippen molar-refractivity contribution in [3.05, 3.63) is 66.2 Å². The van der Waals surface area contributed by atoms with Crippen molar-refractivity contribution >= 4 is 15.9 Å². The average Bonchev–Trinajstić information content (AvgIpc) is 2.73. The van der Waals surface area contributed by atoms with Gasteiger partial charge in [0.1, 0.15) is 6.04 Å². The van der Waals surface area contributed by atoms with Gasteiger partial charge in [-0.3, -0.25) is 4.79 Å². The molecule has 6 heteroatoms. The fourth-order valence-electron chi connectivity index (χ4n) is 3.62. The van der Waals surface area contributed by atoms with E-state index in [1.165, 1.54) is 9.87 Å². The van der Waals surface area contributed by atoms with Crippen LogP contribution >= 0.6 is 0 Å². The third kappa shape index (κ3) is 5.00. The molecule has 1 fully saturated rings. The molecule has 2 unspecified atom stereocenters. The van der Waals surface area contributed by atoms with E-state index in [1.54, 1.807) is 30.3 Å². The molecule has 2 aromatic rings. The maximum Gasteiger partial charge on any atom is 0.243 e. The second-order valence-corrected chi connectivity index (χ2v) is 9.26. The number of sulfonamides is 1. The van der Waals surface area contributed by atoms with Crippen LogP contribution in [0.5, 0.6) is 0 Å². The predicted octanol–water partition coefficient (Wildman–Crippen LogP) is 3.37. The Labute approximate surface area is 167 Å². The van der Waals surface area contributed by atoms with Gasteiger partial charge in [-0.15, -0.1) is 0 Å². The second kappa shape index (κ2) is 9.34. The molecule has 28 heavy (non-hydrogen) atoms. The molecule has 150 valence electrons. The van der Waals surface area contributed by atoms with Crippen LogP contribution in [0, 0.1) is 0 Å². The van der Waals surface area contributed by atoms with Crippen molar-refractivity contribution in [2.24, 2.45) is 0 Å². The zero-order valence-electron chi connectivity index (χ0n) is 16.3. The Hall–Kier alpha value is -2.18. The number of rotatable bonds is 7. The minimum Gasteiger partial charge on any atom is -0.352 e. The SMILES string of the molecule is CC(CCc1ccccc1)NC(=O)C1CCCCN1S(=O)(=O)c1ccccc1. The van der Waals surface area contributed by atoms with E-state index >= 15 is 0 Å². The molecule has 1 amide bonds. The van der Waals surface area contributed by atoms with E-state index in [0.29, 0.717) is 13.0 Å². The fourth-order valence-corrected chi connectivity index (χ4v) is 5.30. The quantitative estimate of drug-likeness (QED) is 0.775. The van der Waals surface area contributed by atoms with Gasteiger partial charge in [-0.25, -0.2) is 8.42 Å². The molecule has 2 atom stereocenters. The highest BCUT2D eigenvalue weighted by atomic mass is 32.2. The molecular formula is C22H28N2O3S. The van der Waals surface area contributed by atoms with E-state index in [9.17, 15) is 13.2 Å². The van der Waals surface area contributed by atoms with Gasteiger partial charge < -0.3 is 5.32 Å². The zero-order valence-corrected chi connectivity index (χ0v) is 17.1. The van der Waals surface area contributed by atoms with Crippen molar-refractivity contribution < 1.29 is 13.2 Å². The number of nitrogens with zero attached hydrogens (tertiary/aromatic N) is 1. The summed E-state index contributed by atoms with van der Waals surface area (Å²) < 4.78 is 27.5. The van der Waals surface area contributed by atoms with E-state index in [0.717, 1.165) is 25.7 Å². The molecule has 3 rings (SSSR count). The summed E-state index contributed by atoms with van der Waals surface area (Å²) in [6, 6.07) is 17.9. The van der Waals surface area contributed by atoms with E-state index in [2.05, 4.69) is 17.4 Å². The summed E-state index contributed by atoms with van der Waals surface area (Å²) in [6.45, 7) is 2.35. The number of hydrogen-bond donors (Lipinski definition) is 1. The number of nitrogens with one attached hydrogen (secondary N) is 1. The van der Waals surface area contributed by atoms with Gasteiger partial charge in [0.15, 0.2) is 0 Å². The molecule has 1 saturated heterocycles. The molecule has 0 saturated carbocycles. The molecule has 1 aliphatic heterocycles. The van der Waals surface area contributed by atoms with Crippen LogP contribution < -0.4 is 5.32 Å². The number of piperidine rings is 1. The maximum atomic E-state index is 13.0. The number of carbonyl (C=O) groups is 1. The van der Waals surface area contributed by atoms with Crippen LogP contribution in [0.3, 0.4) is 0 Å². The Kier molecular flexibility index (Phi) is 6.86. The molecule has 1 heterocycles. The van der Waals surface area contributed by atoms with Gasteiger partial charge in [0.25, 0.3) is 0 Å². The summed E-state index contributed by atoms with van der Waals surface area (Å²) in [5, 5.41) is 3.03. The number of hydrogen-bond acceptors (Lipinski definition) is 3. The van der Waals surface area contributed by atoms with Gasteiger partial charge in [-0.1, -0.05) is 55.0 Å². The molecular weight excluding hydrogens is 372 g/mol. The Morgan fingerprint density at radius 1 is 1.07 bits per heavy atom. The Morgan fingerprint density at radius 3 is 2.39 bits per heavy atom. The van der Waals surface area contributed by atoms with Crippen LogP contribution in [0.15, 0.2) is 65.6 Å². The van der Waals surface area contributed by atoms with Gasteiger partial charge in [0.05, 0.1) is 4.90 Å². The van der Waals surface area contributed by atoms with Gasteiger partial charge in [-0.05, 0) is 50.3 Å². The van der Waals surface area contributed by atoms with Crippen molar-refractivity contribution in [3.63, 3.8) is 0 Å². The van der Waals surface area contributed by atoms with Crippen molar-refractivity contribution in [2.75, 3.05) is 6.54 Å². The molecule has 0 spiro atoms. The van der Waals surface area contributed by atoms with E-state index < -0.39 is 16.1 Å². The Morgan fingerprint density at radius 2 is 1.71 bits per heavy atom. The highest BCUT2D eigenvalue weighted by Crippen LogP contribution is 2.25. The monoisotopic (exact) mass is 400 g/mol. The molecule has 2 aromatic carbocycles. The highest BCUT2D eigenvalue weighted by Gasteiger charge is 2.37. The first kappa shape index (κ1) is 20.6. The first-order chi connectivity index (χ1) is 13.5. The largest absolute Gasteiger partial charge is 0.352 e. The molecule has 0 bridgehead atoms. The van der Waals surface area contributed by atoms with Crippen molar-refractivity contribution in [3.8, 4) is 0 Å². The van der Waals surface area contributed by atoms with E-state index in [-0.39, 0.29) is 16.8 Å². The van der Waals surface area contributed by atoms with Crippen LogP contribution in [0.2, 0.25) is 0 Å². The molecule has 1 N–H and O–H groups in total. The lowest BCUT2D eigenvalue weighted by Crippen LogP contribution is -2.53. The number of amides is 1. The van der Waals surface area contributed by atoms with Crippen LogP contribution in [0.25, 0.3) is 0 Å². The third-order valence-electron chi connectivity index (χ3n) is 5.20. The Balaban J connectivity index is 1.65. The lowest BCUT2D eigenvalue weighted by atomic mass is 10.0. The summed E-state index contributed by atoms with van der Waals surface area (Å²) >= 11 is 0. The summed E-state index contributed by atoms with van der Waals surface area (Å²) in [7, 11) is -3.67. The maximum absolute atomic E-state index is 13.0. The van der Waals surface area contributed by atoms with Crippen LogP contribution in [0.4, 0.5) is 0 Å². The fraction of sp³-hybridized carbons (Fsp3) is 0.409. The van der Waals surface area contributed by atoms with Gasteiger partial charge in [0.2, 0.25) is 15.9 Å². The minimum absolute atomic E-state index is 0.0177. The number of aryl methyl sites for hydroxylation is 1. The van der Waals surface area contributed by atoms with Gasteiger partial charge in [0, 0.05) is 12.6 Å². The van der Waals surface area contributed by atoms with Crippen LogP contribution in [-0.2, 0) is 21.2 Å². The Bertz CT molecular complexity index is 869. The smallest absolute Gasteiger partial charge is 0.243 e. The van der Waals surface area contributed by atoms with Crippen LogP contribution in [-0.4, -0.2) is 37.3 Å². The molecule has 1 aliphatic rings. The standard InChI is InChI=1S/C22H28N2O3S/c1-18(15-16-19-10-4-2-5-11-19)23-22(25)21-14-8-9-17-24(21)28(26,27)20-12-6-3-7-13-20/h2-7,10-13,18,21H,8-9,14-17H2,1H3,(H,23,25). The van der Waals surface area contributed by atoms with E-state index in [1.807, 2.05) is 25.1 Å². The van der Waals surface area contributed by atoms with Crippen LogP contribution in [0.1, 0.15) is 38.2 Å². The van der Waals surface area contributed by atoms with Gasteiger partial charge >= 0.3 is 0 Å². The first-order valence-corrected chi connectivity index (χ1v) is 11.3. The lowest BCUT2D eigenvalue weighted by molar-refractivity contribution is -0.126. The number of benzene rings is 2. The molecule has 0 radical (unpaired) electrons. The summed E-state index contributed by atoms with van der Waals surface area (Å²) in [4.78, 5) is 13.1. The topological polar surface area (TPSA) is 66.5 Å². The number of carbonyl (C=O) groups excluding carboxylic acids is 1. The summed E-state index contributed by atoms with van der Waals surface area (Å²) in [6.07, 6.45) is 3.88. The van der Waals surface area contributed by atoms with Gasteiger partial charge in [-0.2, -0.15) is 4.31 Å². The van der Waals surface area contributed by atoms with E-state index in [4.69, 9.17) is 0 Å². The summed E-state index contributed by atoms with van der Waals surface area (Å²) in [5.41, 5.74) is 1.23.